The van der Waals surface area contributed by atoms with Gasteiger partial charge in [-0.1, -0.05) is 54.6 Å². The topological polar surface area (TPSA) is 75.7 Å². The normalized spacial score (nSPS) is 16.1. The fourth-order valence-electron chi connectivity index (χ4n) is 4.13. The summed E-state index contributed by atoms with van der Waals surface area (Å²) in [5, 5.41) is 2.94. The minimum absolute atomic E-state index is 0.153. The van der Waals surface area contributed by atoms with Gasteiger partial charge in [0.1, 0.15) is 11.8 Å². The average Bonchev–Trinajstić information content (AvgIpc) is 2.82. The van der Waals surface area contributed by atoms with Gasteiger partial charge in [-0.15, -0.1) is 0 Å². The van der Waals surface area contributed by atoms with Crippen molar-refractivity contribution in [2.45, 2.75) is 44.3 Å². The maximum Gasteiger partial charge on any atom is 0.244 e. The number of amides is 1. The Hall–Kier alpha value is -3.16. The highest BCUT2D eigenvalue weighted by atomic mass is 32.2. The highest BCUT2D eigenvalue weighted by Gasteiger charge is 2.39. The van der Waals surface area contributed by atoms with E-state index in [1.165, 1.54) is 4.31 Å². The lowest BCUT2D eigenvalue weighted by Gasteiger charge is -2.35. The summed E-state index contributed by atoms with van der Waals surface area (Å²) in [6.07, 6.45) is 0.320. The summed E-state index contributed by atoms with van der Waals surface area (Å²) in [5.74, 6) is 0.380. The van der Waals surface area contributed by atoms with Gasteiger partial charge in [0.2, 0.25) is 15.9 Å². The van der Waals surface area contributed by atoms with Gasteiger partial charge in [0.25, 0.3) is 0 Å². The smallest absolute Gasteiger partial charge is 0.244 e. The van der Waals surface area contributed by atoms with Crippen molar-refractivity contribution >= 4 is 15.9 Å². The van der Waals surface area contributed by atoms with Gasteiger partial charge < -0.3 is 10.1 Å². The first-order valence-electron chi connectivity index (χ1n) is 11.0. The van der Waals surface area contributed by atoms with Gasteiger partial charge in [0.15, 0.2) is 0 Å². The van der Waals surface area contributed by atoms with Gasteiger partial charge in [0, 0.05) is 18.7 Å². The van der Waals surface area contributed by atoms with Gasteiger partial charge in [-0.05, 0) is 55.2 Å². The summed E-state index contributed by atoms with van der Waals surface area (Å²) in [6.45, 7) is 4.69. The Labute approximate surface area is 195 Å². The molecule has 1 aliphatic heterocycles. The third-order valence-electron chi connectivity index (χ3n) is 5.83. The van der Waals surface area contributed by atoms with E-state index in [2.05, 4.69) is 5.32 Å². The van der Waals surface area contributed by atoms with Crippen LogP contribution in [0, 0.1) is 6.92 Å². The van der Waals surface area contributed by atoms with Gasteiger partial charge in [0.05, 0.1) is 11.5 Å². The second kappa shape index (κ2) is 9.77. The van der Waals surface area contributed by atoms with Crippen LogP contribution in [0.25, 0.3) is 0 Å². The Bertz CT molecular complexity index is 1260. The third-order valence-corrected chi connectivity index (χ3v) is 7.68. The van der Waals surface area contributed by atoms with Crippen LogP contribution in [0.1, 0.15) is 29.2 Å². The number of aryl methyl sites for hydroxylation is 1. The van der Waals surface area contributed by atoms with E-state index in [4.69, 9.17) is 4.74 Å². The molecule has 1 aliphatic rings. The summed E-state index contributed by atoms with van der Waals surface area (Å²) < 4.78 is 34.2. The minimum atomic E-state index is -3.87. The SMILES string of the molecule is CCOc1ccccc1CNC(=O)C1Cc2ccccc2CN1S(=O)(=O)c1cccc(C)c1. The Morgan fingerprint density at radius 1 is 1.03 bits per heavy atom. The first-order chi connectivity index (χ1) is 15.9. The van der Waals surface area contributed by atoms with Crippen LogP contribution in [0.5, 0.6) is 5.75 Å². The predicted molar refractivity (Wildman–Crippen MR) is 127 cm³/mol. The number of nitrogens with one attached hydrogen (secondary N) is 1. The highest BCUT2D eigenvalue weighted by molar-refractivity contribution is 7.89. The number of sulfonamides is 1. The number of ether oxygens (including phenoxy) is 1. The molecule has 0 aliphatic carbocycles. The molecule has 1 unspecified atom stereocenters. The molecule has 172 valence electrons. The molecule has 1 amide bonds. The van der Waals surface area contributed by atoms with Crippen molar-refractivity contribution in [2.75, 3.05) is 6.61 Å². The molecule has 33 heavy (non-hydrogen) atoms. The maximum absolute atomic E-state index is 13.6. The third kappa shape index (κ3) is 4.94. The zero-order valence-corrected chi connectivity index (χ0v) is 19.6. The van der Waals surface area contributed by atoms with E-state index in [0.29, 0.717) is 18.8 Å². The summed E-state index contributed by atoms with van der Waals surface area (Å²) >= 11 is 0. The van der Waals surface area contributed by atoms with Gasteiger partial charge in [-0.25, -0.2) is 8.42 Å². The Morgan fingerprint density at radius 2 is 1.76 bits per heavy atom. The van der Waals surface area contributed by atoms with Crippen LogP contribution in [0.2, 0.25) is 0 Å². The van der Waals surface area contributed by atoms with E-state index < -0.39 is 16.1 Å². The molecule has 0 spiro atoms. The van der Waals surface area contributed by atoms with E-state index >= 15 is 0 Å². The summed E-state index contributed by atoms with van der Waals surface area (Å²) in [7, 11) is -3.87. The highest BCUT2D eigenvalue weighted by Crippen LogP contribution is 2.30. The molecule has 1 N–H and O–H groups in total. The molecule has 1 atom stereocenters. The molecule has 6 nitrogen and oxygen atoms in total. The number of hydrogen-bond donors (Lipinski definition) is 1. The summed E-state index contributed by atoms with van der Waals surface area (Å²) in [6, 6.07) is 21.1. The second-order valence-corrected chi connectivity index (χ2v) is 10.0. The molecule has 3 aromatic carbocycles. The van der Waals surface area contributed by atoms with Gasteiger partial charge in [-0.3, -0.25) is 4.79 Å². The number of carbonyl (C=O) groups excluding carboxylic acids is 1. The molecule has 4 rings (SSSR count). The van der Waals surface area contributed by atoms with Crippen LogP contribution < -0.4 is 10.1 Å². The van der Waals surface area contributed by atoms with Crippen molar-refractivity contribution in [2.24, 2.45) is 0 Å². The molecule has 1 heterocycles. The van der Waals surface area contributed by atoms with Crippen molar-refractivity contribution in [3.63, 3.8) is 0 Å². The van der Waals surface area contributed by atoms with Crippen LogP contribution in [-0.2, 0) is 34.3 Å². The van der Waals surface area contributed by atoms with Crippen molar-refractivity contribution < 1.29 is 17.9 Å². The second-order valence-electron chi connectivity index (χ2n) is 8.11. The number of benzene rings is 3. The fourth-order valence-corrected chi connectivity index (χ4v) is 5.80. The average molecular weight is 465 g/mol. The summed E-state index contributed by atoms with van der Waals surface area (Å²) in [5.41, 5.74) is 3.60. The van der Waals surface area contributed by atoms with E-state index in [0.717, 1.165) is 22.3 Å². The molecular formula is C26H28N2O4S. The van der Waals surface area contributed by atoms with E-state index in [9.17, 15) is 13.2 Å². The van der Waals surface area contributed by atoms with Crippen molar-refractivity contribution in [1.29, 1.82) is 0 Å². The lowest BCUT2D eigenvalue weighted by atomic mass is 9.95. The van der Waals surface area contributed by atoms with Crippen LogP contribution >= 0.6 is 0 Å². The van der Waals surface area contributed by atoms with E-state index in [-0.39, 0.29) is 23.9 Å². The molecule has 7 heteroatoms. The van der Waals surface area contributed by atoms with Gasteiger partial charge >= 0.3 is 0 Å². The first kappa shape index (κ1) is 23.0. The maximum atomic E-state index is 13.6. The Morgan fingerprint density at radius 3 is 2.52 bits per heavy atom. The number of nitrogens with zero attached hydrogens (tertiary/aromatic N) is 1. The number of fused-ring (bicyclic) bond motifs is 1. The van der Waals surface area contributed by atoms with Crippen LogP contribution in [0.4, 0.5) is 0 Å². The number of carbonyl (C=O) groups is 1. The van der Waals surface area contributed by atoms with E-state index in [1.807, 2.05) is 68.4 Å². The van der Waals surface area contributed by atoms with E-state index in [1.54, 1.807) is 18.2 Å². The molecule has 0 radical (unpaired) electrons. The zero-order valence-electron chi connectivity index (χ0n) is 18.8. The zero-order chi connectivity index (χ0) is 23.4. The molecule has 0 aromatic heterocycles. The minimum Gasteiger partial charge on any atom is -0.494 e. The Kier molecular flexibility index (Phi) is 6.81. The van der Waals surface area contributed by atoms with Crippen LogP contribution in [-0.4, -0.2) is 31.3 Å². The summed E-state index contributed by atoms with van der Waals surface area (Å²) in [4.78, 5) is 13.5. The van der Waals surface area contributed by atoms with Crippen molar-refractivity contribution in [3.05, 3.63) is 95.1 Å². The molecule has 0 bridgehead atoms. The van der Waals surface area contributed by atoms with Crippen LogP contribution in [0.15, 0.2) is 77.7 Å². The van der Waals surface area contributed by atoms with Crippen LogP contribution in [0.3, 0.4) is 0 Å². The molecule has 0 saturated heterocycles. The Balaban J connectivity index is 1.63. The molecular weight excluding hydrogens is 436 g/mol. The first-order valence-corrected chi connectivity index (χ1v) is 12.5. The number of para-hydroxylation sites is 1. The molecule has 0 fully saturated rings. The predicted octanol–water partition coefficient (Wildman–Crippen LogP) is 3.83. The lowest BCUT2D eigenvalue weighted by Crippen LogP contribution is -2.52. The standard InChI is InChI=1S/C26H28N2O4S/c1-3-32-25-14-7-6-11-21(25)17-27-26(29)24-16-20-10-4-5-12-22(20)18-28(24)33(30,31)23-13-8-9-19(2)15-23/h4-15,24H,3,16-18H2,1-2H3,(H,27,29). The quantitative estimate of drug-likeness (QED) is 0.577. The largest absolute Gasteiger partial charge is 0.494 e. The van der Waals surface area contributed by atoms with Crippen molar-refractivity contribution in [1.82, 2.24) is 9.62 Å². The number of hydrogen-bond acceptors (Lipinski definition) is 4. The fraction of sp³-hybridized carbons (Fsp3) is 0.269. The molecule has 0 saturated carbocycles. The molecule has 3 aromatic rings. The van der Waals surface area contributed by atoms with Gasteiger partial charge in [-0.2, -0.15) is 4.31 Å². The number of rotatable bonds is 7. The monoisotopic (exact) mass is 464 g/mol. The lowest BCUT2D eigenvalue weighted by molar-refractivity contribution is -0.125. The van der Waals surface area contributed by atoms with Crippen molar-refractivity contribution in [3.8, 4) is 5.75 Å².